The number of pyridine rings is 1. The molecular weight excluding hydrogens is 430 g/mol. The smallest absolute Gasteiger partial charge is 0.152 e. The van der Waals surface area contributed by atoms with Crippen LogP contribution in [0.15, 0.2) is 36.4 Å². The van der Waals surface area contributed by atoms with Crippen LogP contribution in [0.25, 0.3) is 21.9 Å². The van der Waals surface area contributed by atoms with Gasteiger partial charge in [-0.2, -0.15) is 0 Å². The number of para-hydroxylation sites is 1. The maximum absolute atomic E-state index is 6.29. The van der Waals surface area contributed by atoms with Gasteiger partial charge in [0, 0.05) is 43.1 Å². The van der Waals surface area contributed by atoms with Crippen molar-refractivity contribution < 1.29 is 0 Å². The minimum absolute atomic E-state index is 0.505. The van der Waals surface area contributed by atoms with E-state index in [0.29, 0.717) is 11.9 Å². The maximum Gasteiger partial charge on any atom is 0.152 e. The van der Waals surface area contributed by atoms with Gasteiger partial charge >= 0.3 is 0 Å². The SMILES string of the molecule is CC.CCCCc1nc2c(N)nc3ccccc3c2n1C/C=C/CN(SN)C1CCNCC1. The average molecular weight is 470 g/mol. The van der Waals surface area contributed by atoms with Gasteiger partial charge in [0.15, 0.2) is 5.82 Å². The van der Waals surface area contributed by atoms with Crippen molar-refractivity contribution in [3.8, 4) is 0 Å². The molecular formula is C25H39N7S. The quantitative estimate of drug-likeness (QED) is 0.309. The molecule has 0 bridgehead atoms. The average Bonchev–Trinajstić information content (AvgIpc) is 3.24. The van der Waals surface area contributed by atoms with Crippen molar-refractivity contribution in [2.24, 2.45) is 5.14 Å². The number of imidazole rings is 1. The second-order valence-corrected chi connectivity index (χ2v) is 8.79. The second-order valence-electron chi connectivity index (χ2n) is 8.11. The van der Waals surface area contributed by atoms with Crippen LogP contribution < -0.4 is 16.2 Å². The molecule has 7 nitrogen and oxygen atoms in total. The van der Waals surface area contributed by atoms with Crippen LogP contribution >= 0.6 is 12.1 Å². The Kier molecular flexibility index (Phi) is 9.99. The summed E-state index contributed by atoms with van der Waals surface area (Å²) < 4.78 is 4.60. The summed E-state index contributed by atoms with van der Waals surface area (Å²) in [7, 11) is 0. The first-order valence-electron chi connectivity index (χ1n) is 12.3. The lowest BCUT2D eigenvalue weighted by Crippen LogP contribution is -2.40. The Morgan fingerprint density at radius 3 is 2.67 bits per heavy atom. The fourth-order valence-corrected chi connectivity index (χ4v) is 4.91. The Morgan fingerprint density at radius 1 is 1.18 bits per heavy atom. The van der Waals surface area contributed by atoms with Gasteiger partial charge in [0.2, 0.25) is 0 Å². The third kappa shape index (κ3) is 6.06. The van der Waals surface area contributed by atoms with E-state index in [9.17, 15) is 0 Å². The molecule has 1 aromatic carbocycles. The Hall–Kier alpha value is -2.13. The molecule has 0 amide bonds. The molecule has 0 radical (unpaired) electrons. The van der Waals surface area contributed by atoms with Crippen molar-refractivity contribution in [2.45, 2.75) is 65.5 Å². The number of rotatable bonds is 9. The lowest BCUT2D eigenvalue weighted by atomic mass is 10.1. The molecule has 2 aromatic heterocycles. The normalized spacial score (nSPS) is 14.9. The van der Waals surface area contributed by atoms with E-state index < -0.39 is 0 Å². The third-order valence-corrected chi connectivity index (χ3v) is 6.75. The summed E-state index contributed by atoms with van der Waals surface area (Å²) in [5, 5.41) is 10.5. The number of nitrogen functional groups attached to an aromatic ring is 1. The standard InChI is InChI=1S/C23H33N7S.C2H6/c1-2-3-10-20-28-21-22(18-8-4-5-9-19(18)27-23(21)24)29(20)15-6-7-16-30(31-25)17-11-13-26-14-12-17;1-2/h4-9,17,26H,2-3,10-16,25H2,1H3,(H2,24,27);1-2H3/b7-6+;. The van der Waals surface area contributed by atoms with E-state index in [2.05, 4.69) is 44.3 Å². The van der Waals surface area contributed by atoms with Crippen LogP contribution in [0.5, 0.6) is 0 Å². The van der Waals surface area contributed by atoms with Crippen molar-refractivity contribution in [1.82, 2.24) is 24.2 Å². The molecule has 0 saturated carbocycles. The van der Waals surface area contributed by atoms with E-state index in [4.69, 9.17) is 15.9 Å². The summed E-state index contributed by atoms with van der Waals surface area (Å²) in [4.78, 5) is 9.48. The second kappa shape index (κ2) is 12.9. The summed E-state index contributed by atoms with van der Waals surface area (Å²) in [6, 6.07) is 8.70. The predicted octanol–water partition coefficient (Wildman–Crippen LogP) is 4.67. The summed E-state index contributed by atoms with van der Waals surface area (Å²) in [5.74, 6) is 1.58. The number of unbranched alkanes of at least 4 members (excludes halogenated alkanes) is 1. The molecule has 33 heavy (non-hydrogen) atoms. The molecule has 8 heteroatoms. The number of allylic oxidation sites excluding steroid dienone is 1. The van der Waals surface area contributed by atoms with Crippen molar-refractivity contribution in [3.63, 3.8) is 0 Å². The predicted molar refractivity (Wildman–Crippen MR) is 143 cm³/mol. The van der Waals surface area contributed by atoms with E-state index in [1.807, 2.05) is 32.0 Å². The van der Waals surface area contributed by atoms with Gasteiger partial charge in [-0.05, 0) is 38.4 Å². The Morgan fingerprint density at radius 2 is 1.94 bits per heavy atom. The van der Waals surface area contributed by atoms with E-state index in [1.54, 1.807) is 0 Å². The minimum atomic E-state index is 0.505. The molecule has 0 aliphatic carbocycles. The maximum atomic E-state index is 6.29. The molecule has 1 aliphatic rings. The summed E-state index contributed by atoms with van der Waals surface area (Å²) >= 11 is 1.36. The first-order chi connectivity index (χ1) is 16.2. The highest BCUT2D eigenvalue weighted by molar-refractivity contribution is 7.94. The number of nitrogens with one attached hydrogen (secondary N) is 1. The fourth-order valence-electron chi connectivity index (χ4n) is 4.36. The first-order valence-corrected chi connectivity index (χ1v) is 13.1. The van der Waals surface area contributed by atoms with Crippen LogP contribution in [0.1, 0.15) is 52.3 Å². The fraction of sp³-hybridized carbons (Fsp3) is 0.520. The zero-order chi connectivity index (χ0) is 23.6. The van der Waals surface area contributed by atoms with Crippen LogP contribution in [-0.4, -0.2) is 44.5 Å². The molecule has 3 aromatic rings. The highest BCUT2D eigenvalue weighted by atomic mass is 32.2. The van der Waals surface area contributed by atoms with Crippen LogP contribution in [-0.2, 0) is 13.0 Å². The van der Waals surface area contributed by atoms with E-state index in [-0.39, 0.29) is 0 Å². The van der Waals surface area contributed by atoms with Gasteiger partial charge in [-0.1, -0.05) is 57.5 Å². The highest BCUT2D eigenvalue weighted by Gasteiger charge is 2.20. The van der Waals surface area contributed by atoms with Gasteiger partial charge in [0.1, 0.15) is 11.3 Å². The number of nitrogens with zero attached hydrogens (tertiary/aromatic N) is 4. The van der Waals surface area contributed by atoms with E-state index >= 15 is 0 Å². The monoisotopic (exact) mass is 469 g/mol. The Bertz CT molecular complexity index is 1040. The number of fused-ring (bicyclic) bond motifs is 3. The third-order valence-electron chi connectivity index (χ3n) is 6.03. The van der Waals surface area contributed by atoms with Gasteiger partial charge in [-0.25, -0.2) is 14.3 Å². The van der Waals surface area contributed by atoms with Crippen molar-refractivity contribution in [1.29, 1.82) is 0 Å². The minimum Gasteiger partial charge on any atom is -0.382 e. The van der Waals surface area contributed by atoms with Crippen molar-refractivity contribution >= 4 is 39.9 Å². The number of hydrogen-bond donors (Lipinski definition) is 3. The van der Waals surface area contributed by atoms with Crippen molar-refractivity contribution in [2.75, 3.05) is 25.4 Å². The van der Waals surface area contributed by atoms with E-state index in [1.165, 1.54) is 12.1 Å². The van der Waals surface area contributed by atoms with Crippen molar-refractivity contribution in [3.05, 3.63) is 42.2 Å². The Balaban J connectivity index is 0.00000149. The number of nitrogens with two attached hydrogens (primary N) is 2. The van der Waals surface area contributed by atoms with Crippen LogP contribution in [0.4, 0.5) is 5.82 Å². The van der Waals surface area contributed by atoms with Crippen LogP contribution in [0, 0.1) is 0 Å². The number of benzene rings is 1. The molecule has 1 aliphatic heterocycles. The molecule has 1 saturated heterocycles. The molecule has 0 atom stereocenters. The van der Waals surface area contributed by atoms with Crippen LogP contribution in [0.3, 0.4) is 0 Å². The summed E-state index contributed by atoms with van der Waals surface area (Å²) in [6.45, 7) is 9.94. The molecule has 0 spiro atoms. The highest BCUT2D eigenvalue weighted by Crippen LogP contribution is 2.29. The lowest BCUT2D eigenvalue weighted by molar-refractivity contribution is 0.300. The van der Waals surface area contributed by atoms with Gasteiger partial charge in [-0.15, -0.1) is 0 Å². The summed E-state index contributed by atoms with van der Waals surface area (Å²) in [6.07, 6.45) is 9.91. The van der Waals surface area contributed by atoms with Gasteiger partial charge in [0.25, 0.3) is 0 Å². The molecule has 180 valence electrons. The summed E-state index contributed by atoms with van der Waals surface area (Å²) in [5.41, 5.74) is 9.11. The largest absolute Gasteiger partial charge is 0.382 e. The van der Waals surface area contributed by atoms with Crippen LogP contribution in [0.2, 0.25) is 0 Å². The molecule has 1 fully saturated rings. The van der Waals surface area contributed by atoms with Gasteiger partial charge in [-0.3, -0.25) is 5.14 Å². The molecule has 3 heterocycles. The number of aryl methyl sites for hydroxylation is 1. The van der Waals surface area contributed by atoms with Gasteiger partial charge < -0.3 is 15.6 Å². The number of hydrogen-bond acceptors (Lipinski definition) is 7. The first kappa shape index (κ1) is 25.5. The Labute approximate surface area is 202 Å². The topological polar surface area (TPSA) is 98.0 Å². The number of anilines is 1. The zero-order valence-electron chi connectivity index (χ0n) is 20.3. The molecule has 5 N–H and O–H groups in total. The molecule has 0 unspecified atom stereocenters. The number of piperidine rings is 1. The van der Waals surface area contributed by atoms with Gasteiger partial charge in [0.05, 0.1) is 11.0 Å². The van der Waals surface area contributed by atoms with E-state index in [0.717, 1.165) is 86.0 Å². The number of aromatic nitrogens is 3. The lowest BCUT2D eigenvalue weighted by Gasteiger charge is -2.31. The zero-order valence-corrected chi connectivity index (χ0v) is 21.1. The molecule has 4 rings (SSSR count).